The van der Waals surface area contributed by atoms with Gasteiger partial charge >= 0.3 is 0 Å². The maximum absolute atomic E-state index is 12.3. The van der Waals surface area contributed by atoms with Gasteiger partial charge in [0, 0.05) is 32.2 Å². The van der Waals surface area contributed by atoms with Gasteiger partial charge in [-0.2, -0.15) is 9.78 Å². The molecule has 0 atom stereocenters. The zero-order valence-corrected chi connectivity index (χ0v) is 17.8. The number of anilines is 1. The monoisotopic (exact) mass is 455 g/mol. The van der Waals surface area contributed by atoms with E-state index in [0.717, 1.165) is 44.7 Å². The van der Waals surface area contributed by atoms with E-state index >= 15 is 0 Å². The van der Waals surface area contributed by atoms with Crippen LogP contribution in [0.15, 0.2) is 29.2 Å². The molecule has 1 amide bonds. The van der Waals surface area contributed by atoms with Crippen molar-refractivity contribution in [2.45, 2.75) is 18.9 Å². The molecule has 0 radical (unpaired) electrons. The standard InChI is InChI=1S/C19H20Cl3N5O2/c20-14-9-13(27-19(29)18(22)15(21)10-23-27)3-4-16(14)26-7-5-25(6-8-26)11-17(28)24-12-1-2-12/h3-4,9-10,12H,1-2,5-8,11H2,(H,24,28). The lowest BCUT2D eigenvalue weighted by Gasteiger charge is -2.36. The first kappa shape index (κ1) is 20.5. The van der Waals surface area contributed by atoms with Crippen molar-refractivity contribution in [1.29, 1.82) is 0 Å². The highest BCUT2D eigenvalue weighted by Crippen LogP contribution is 2.29. The number of carbonyl (C=O) groups excluding carboxylic acids is 1. The molecular weight excluding hydrogens is 437 g/mol. The van der Waals surface area contributed by atoms with Crippen molar-refractivity contribution >= 4 is 46.4 Å². The van der Waals surface area contributed by atoms with Gasteiger partial charge in [0.05, 0.1) is 34.2 Å². The maximum atomic E-state index is 12.3. The maximum Gasteiger partial charge on any atom is 0.291 e. The molecule has 1 aliphatic heterocycles. The van der Waals surface area contributed by atoms with E-state index in [9.17, 15) is 9.59 Å². The summed E-state index contributed by atoms with van der Waals surface area (Å²) in [6, 6.07) is 5.71. The third-order valence-electron chi connectivity index (χ3n) is 5.07. The van der Waals surface area contributed by atoms with Crippen molar-refractivity contribution in [3.05, 3.63) is 49.8 Å². The average molecular weight is 457 g/mol. The molecule has 154 valence electrons. The molecule has 1 saturated heterocycles. The molecule has 4 rings (SSSR count). The number of nitrogens with one attached hydrogen (secondary N) is 1. The molecule has 0 unspecified atom stereocenters. The van der Waals surface area contributed by atoms with Crippen LogP contribution in [0, 0.1) is 0 Å². The van der Waals surface area contributed by atoms with Gasteiger partial charge in [-0.3, -0.25) is 14.5 Å². The number of carbonyl (C=O) groups is 1. The Bertz CT molecular complexity index is 984. The van der Waals surface area contributed by atoms with Crippen LogP contribution in [0.3, 0.4) is 0 Å². The Balaban J connectivity index is 1.42. The van der Waals surface area contributed by atoms with Gasteiger partial charge in [-0.25, -0.2) is 0 Å². The Morgan fingerprint density at radius 2 is 1.83 bits per heavy atom. The van der Waals surface area contributed by atoms with Crippen LogP contribution in [-0.4, -0.2) is 59.4 Å². The van der Waals surface area contributed by atoms with E-state index in [0.29, 0.717) is 23.3 Å². The lowest BCUT2D eigenvalue weighted by molar-refractivity contribution is -0.122. The lowest BCUT2D eigenvalue weighted by atomic mass is 10.2. The summed E-state index contributed by atoms with van der Waals surface area (Å²) < 4.78 is 1.17. The number of hydrogen-bond donors (Lipinski definition) is 1. The number of hydrogen-bond acceptors (Lipinski definition) is 5. The second kappa shape index (κ2) is 8.52. The first-order chi connectivity index (χ1) is 13.9. The van der Waals surface area contributed by atoms with Crippen LogP contribution in [0.5, 0.6) is 0 Å². The number of benzene rings is 1. The highest BCUT2D eigenvalue weighted by molar-refractivity contribution is 6.41. The van der Waals surface area contributed by atoms with Crippen molar-refractivity contribution in [1.82, 2.24) is 20.0 Å². The van der Waals surface area contributed by atoms with Gasteiger partial charge < -0.3 is 10.2 Å². The predicted octanol–water partition coefficient (Wildman–Crippen LogP) is 2.59. The van der Waals surface area contributed by atoms with Gasteiger partial charge in [0.1, 0.15) is 5.02 Å². The van der Waals surface area contributed by atoms with Crippen LogP contribution in [-0.2, 0) is 4.79 Å². The van der Waals surface area contributed by atoms with Crippen molar-refractivity contribution in [2.24, 2.45) is 0 Å². The summed E-state index contributed by atoms with van der Waals surface area (Å²) in [5, 5.41) is 7.59. The first-order valence-corrected chi connectivity index (χ1v) is 10.6. The fraction of sp³-hybridized carbons (Fsp3) is 0.421. The van der Waals surface area contributed by atoms with Crippen LogP contribution >= 0.6 is 34.8 Å². The van der Waals surface area contributed by atoms with Crippen molar-refractivity contribution < 1.29 is 4.79 Å². The van der Waals surface area contributed by atoms with Gasteiger partial charge in [-0.05, 0) is 31.0 Å². The molecule has 29 heavy (non-hydrogen) atoms. The summed E-state index contributed by atoms with van der Waals surface area (Å²) in [6.45, 7) is 3.53. The number of halogens is 3. The van der Waals surface area contributed by atoms with Gasteiger partial charge in [0.25, 0.3) is 5.56 Å². The molecule has 2 aliphatic rings. The molecule has 1 aliphatic carbocycles. The molecule has 0 bridgehead atoms. The van der Waals surface area contributed by atoms with Crippen molar-refractivity contribution in [3.8, 4) is 5.69 Å². The highest BCUT2D eigenvalue weighted by atomic mass is 35.5. The van der Waals surface area contributed by atoms with Crippen LogP contribution in [0.2, 0.25) is 15.1 Å². The average Bonchev–Trinajstić information content (AvgIpc) is 3.51. The van der Waals surface area contributed by atoms with E-state index < -0.39 is 5.56 Å². The molecule has 2 fully saturated rings. The summed E-state index contributed by atoms with van der Waals surface area (Å²) in [4.78, 5) is 28.6. The van der Waals surface area contributed by atoms with E-state index in [1.165, 1.54) is 10.9 Å². The van der Waals surface area contributed by atoms with Crippen molar-refractivity contribution in [2.75, 3.05) is 37.6 Å². The Morgan fingerprint density at radius 1 is 1.10 bits per heavy atom. The highest BCUT2D eigenvalue weighted by Gasteiger charge is 2.25. The molecule has 10 heteroatoms. The summed E-state index contributed by atoms with van der Waals surface area (Å²) in [6.07, 6.45) is 3.52. The zero-order chi connectivity index (χ0) is 20.5. The fourth-order valence-electron chi connectivity index (χ4n) is 3.33. The SMILES string of the molecule is O=C(CN1CCN(c2ccc(-n3ncc(Cl)c(Cl)c3=O)cc2Cl)CC1)NC1CC1. The van der Waals surface area contributed by atoms with Crippen molar-refractivity contribution in [3.63, 3.8) is 0 Å². The third kappa shape index (κ3) is 4.69. The molecule has 1 saturated carbocycles. The molecule has 2 aromatic rings. The second-order valence-electron chi connectivity index (χ2n) is 7.26. The third-order valence-corrected chi connectivity index (χ3v) is 6.13. The zero-order valence-electron chi connectivity index (χ0n) is 15.6. The Morgan fingerprint density at radius 3 is 2.48 bits per heavy atom. The van der Waals surface area contributed by atoms with Crippen LogP contribution in [0.25, 0.3) is 5.69 Å². The normalized spacial score (nSPS) is 17.4. The minimum atomic E-state index is -0.499. The Kier molecular flexibility index (Phi) is 6.01. The Hall–Kier alpha value is -1.80. The second-order valence-corrected chi connectivity index (χ2v) is 8.46. The minimum absolute atomic E-state index is 0.0799. The van der Waals surface area contributed by atoms with E-state index in [2.05, 4.69) is 20.2 Å². The minimum Gasteiger partial charge on any atom is -0.368 e. The summed E-state index contributed by atoms with van der Waals surface area (Å²) in [5.41, 5.74) is 0.893. The number of rotatable bonds is 5. The fourth-order valence-corrected chi connectivity index (χ4v) is 3.88. The van der Waals surface area contributed by atoms with Crippen LogP contribution in [0.4, 0.5) is 5.69 Å². The van der Waals surface area contributed by atoms with Gasteiger partial charge in [0.2, 0.25) is 5.91 Å². The molecule has 2 heterocycles. The number of nitrogens with zero attached hydrogens (tertiary/aromatic N) is 4. The molecule has 7 nitrogen and oxygen atoms in total. The van der Waals surface area contributed by atoms with Gasteiger partial charge in [0.15, 0.2) is 0 Å². The summed E-state index contributed by atoms with van der Waals surface area (Å²) >= 11 is 18.3. The van der Waals surface area contributed by atoms with E-state index in [-0.39, 0.29) is 16.0 Å². The lowest BCUT2D eigenvalue weighted by Crippen LogP contribution is -2.49. The number of amides is 1. The largest absolute Gasteiger partial charge is 0.368 e. The quantitative estimate of drug-likeness (QED) is 0.749. The molecule has 1 aromatic heterocycles. The van der Waals surface area contributed by atoms with Gasteiger partial charge in [-0.15, -0.1) is 0 Å². The molecule has 0 spiro atoms. The topological polar surface area (TPSA) is 70.5 Å². The molecular formula is C19H20Cl3N5O2. The smallest absolute Gasteiger partial charge is 0.291 e. The van der Waals surface area contributed by atoms with E-state index in [1.807, 2.05) is 6.07 Å². The summed E-state index contributed by atoms with van der Waals surface area (Å²) in [5.74, 6) is 0.0999. The van der Waals surface area contributed by atoms with Crippen LogP contribution < -0.4 is 15.8 Å². The predicted molar refractivity (Wildman–Crippen MR) is 115 cm³/mol. The van der Waals surface area contributed by atoms with E-state index in [1.54, 1.807) is 12.1 Å². The number of piperazine rings is 1. The molecule has 1 aromatic carbocycles. The van der Waals surface area contributed by atoms with Gasteiger partial charge in [-0.1, -0.05) is 34.8 Å². The Labute approximate surface area is 183 Å². The van der Waals surface area contributed by atoms with E-state index in [4.69, 9.17) is 34.8 Å². The van der Waals surface area contributed by atoms with Crippen LogP contribution in [0.1, 0.15) is 12.8 Å². The summed E-state index contributed by atoms with van der Waals surface area (Å²) in [7, 11) is 0. The molecule has 1 N–H and O–H groups in total. The first-order valence-electron chi connectivity index (χ1n) is 9.42. The number of aromatic nitrogens is 2.